The summed E-state index contributed by atoms with van der Waals surface area (Å²) in [6.45, 7) is 0. The highest BCUT2D eigenvalue weighted by molar-refractivity contribution is 6.23. The molecule has 0 unspecified atom stereocenters. The number of benzene rings is 1. The Morgan fingerprint density at radius 2 is 1.96 bits per heavy atom. The Labute approximate surface area is 136 Å². The predicted octanol–water partition coefficient (Wildman–Crippen LogP) is -0.408. The van der Waals surface area contributed by atoms with E-state index in [2.05, 4.69) is 10.6 Å². The number of hydrogen-bond donors (Lipinski definition) is 3. The molecule has 0 saturated carbocycles. The van der Waals surface area contributed by atoms with E-state index in [-0.39, 0.29) is 29.3 Å². The zero-order valence-corrected chi connectivity index (χ0v) is 12.8. The summed E-state index contributed by atoms with van der Waals surface area (Å²) in [4.78, 5) is 47.4. The Kier molecular flexibility index (Phi) is 3.64. The summed E-state index contributed by atoms with van der Waals surface area (Å²) in [5, 5.41) is 4.63. The average molecular weight is 326 g/mol. The van der Waals surface area contributed by atoms with Gasteiger partial charge in [0.05, 0.1) is 23.2 Å². The molecule has 0 fully saturated rings. The quantitative estimate of drug-likeness (QED) is 0.662. The van der Waals surface area contributed by atoms with Crippen LogP contribution < -0.4 is 21.9 Å². The fraction of sp³-hybridized carbons (Fsp3) is 0.125. The van der Waals surface area contributed by atoms with Gasteiger partial charge < -0.3 is 11.1 Å². The summed E-state index contributed by atoms with van der Waals surface area (Å²) < 4.78 is 1.14. The van der Waals surface area contributed by atoms with Crippen molar-refractivity contribution in [3.63, 3.8) is 0 Å². The first kappa shape index (κ1) is 15.5. The zero-order valence-electron chi connectivity index (χ0n) is 12.8. The molecule has 4 N–H and O–H groups in total. The first-order valence-corrected chi connectivity index (χ1v) is 7.13. The predicted molar refractivity (Wildman–Crippen MR) is 86.0 cm³/mol. The van der Waals surface area contributed by atoms with Crippen LogP contribution in [0.5, 0.6) is 0 Å². The Morgan fingerprint density at radius 3 is 2.67 bits per heavy atom. The van der Waals surface area contributed by atoms with Crippen LogP contribution in [0.2, 0.25) is 0 Å². The molecule has 0 radical (unpaired) electrons. The summed E-state index contributed by atoms with van der Waals surface area (Å²) in [6, 6.07) is 7.76. The molecule has 2 aromatic rings. The van der Waals surface area contributed by atoms with Crippen LogP contribution in [-0.4, -0.2) is 29.3 Å². The second kappa shape index (κ2) is 5.65. The van der Waals surface area contributed by atoms with Crippen LogP contribution in [0.25, 0.3) is 5.69 Å². The molecule has 2 heterocycles. The number of nitrogens with one attached hydrogen (secondary N) is 2. The van der Waals surface area contributed by atoms with Gasteiger partial charge in [-0.15, -0.1) is 0 Å². The number of rotatable bonds is 3. The summed E-state index contributed by atoms with van der Waals surface area (Å²) in [6.07, 6.45) is 0.142. The number of nitrogen functional groups attached to an aromatic ring is 1. The second-order valence-corrected chi connectivity index (χ2v) is 5.30. The summed E-state index contributed by atoms with van der Waals surface area (Å²) in [7, 11) is 1.53. The third kappa shape index (κ3) is 2.43. The third-order valence-electron chi connectivity index (χ3n) is 3.77. The number of carbonyl (C=O) groups excluding carboxylic acids is 3. The fourth-order valence-electron chi connectivity index (χ4n) is 2.62. The van der Waals surface area contributed by atoms with E-state index in [0.29, 0.717) is 11.3 Å². The number of amides is 3. The van der Waals surface area contributed by atoms with E-state index < -0.39 is 17.4 Å². The number of nitrogens with zero attached hydrogens (tertiary/aromatic N) is 1. The lowest BCUT2D eigenvalue weighted by molar-refractivity contribution is -0.119. The minimum atomic E-state index is -0.640. The van der Waals surface area contributed by atoms with Crippen LogP contribution in [0.15, 0.2) is 35.1 Å². The summed E-state index contributed by atoms with van der Waals surface area (Å²) in [5.74, 6) is -1.56. The minimum absolute atomic E-state index is 0.0173. The van der Waals surface area contributed by atoms with Crippen LogP contribution >= 0.6 is 0 Å². The first-order valence-electron chi connectivity index (χ1n) is 7.13. The molecule has 0 spiro atoms. The molecule has 24 heavy (non-hydrogen) atoms. The smallest absolute Gasteiger partial charge is 0.262 e. The van der Waals surface area contributed by atoms with Crippen molar-refractivity contribution in [3.8, 4) is 5.69 Å². The number of pyridine rings is 1. The second-order valence-electron chi connectivity index (χ2n) is 5.30. The number of hydrogen-bond acceptors (Lipinski definition) is 5. The van der Waals surface area contributed by atoms with Gasteiger partial charge in [-0.3, -0.25) is 29.1 Å². The Morgan fingerprint density at radius 1 is 1.21 bits per heavy atom. The van der Waals surface area contributed by atoms with E-state index in [1.165, 1.54) is 7.05 Å². The van der Waals surface area contributed by atoms with Crippen molar-refractivity contribution in [2.45, 2.75) is 6.42 Å². The Bertz CT molecular complexity index is 946. The van der Waals surface area contributed by atoms with E-state index in [4.69, 9.17) is 5.73 Å². The van der Waals surface area contributed by atoms with Crippen LogP contribution in [0, 0.1) is 0 Å². The van der Waals surface area contributed by atoms with Crippen molar-refractivity contribution >= 4 is 23.5 Å². The van der Waals surface area contributed by atoms with Crippen molar-refractivity contribution < 1.29 is 14.4 Å². The topological polar surface area (TPSA) is 123 Å². The molecule has 3 rings (SSSR count). The van der Waals surface area contributed by atoms with Crippen LogP contribution in [-0.2, 0) is 11.2 Å². The van der Waals surface area contributed by atoms with Gasteiger partial charge in [-0.1, -0.05) is 12.1 Å². The highest BCUT2D eigenvalue weighted by Crippen LogP contribution is 2.23. The average Bonchev–Trinajstić information content (AvgIpc) is 2.82. The molecule has 0 saturated heterocycles. The van der Waals surface area contributed by atoms with Crippen molar-refractivity contribution in [3.05, 3.63) is 57.4 Å². The lowest BCUT2D eigenvalue weighted by atomic mass is 10.1. The highest BCUT2D eigenvalue weighted by Gasteiger charge is 2.31. The molecule has 1 aliphatic rings. The van der Waals surface area contributed by atoms with E-state index in [1.807, 2.05) is 0 Å². The van der Waals surface area contributed by atoms with E-state index >= 15 is 0 Å². The SMILES string of the molecule is CNC(=O)Cc1cccc(-n2c(N)c3c(cc2=O)C(=O)NC3=O)c1. The molecule has 0 atom stereocenters. The zero-order chi connectivity index (χ0) is 17.4. The first-order chi connectivity index (χ1) is 11.4. The van der Waals surface area contributed by atoms with Crippen molar-refractivity contribution in [1.29, 1.82) is 0 Å². The molecule has 8 nitrogen and oxygen atoms in total. The van der Waals surface area contributed by atoms with Crippen LogP contribution in [0.3, 0.4) is 0 Å². The molecule has 8 heteroatoms. The largest absolute Gasteiger partial charge is 0.384 e. The van der Waals surface area contributed by atoms with Gasteiger partial charge in [0.25, 0.3) is 17.4 Å². The fourth-order valence-corrected chi connectivity index (χ4v) is 2.62. The number of anilines is 1. The third-order valence-corrected chi connectivity index (χ3v) is 3.77. The van der Waals surface area contributed by atoms with E-state index in [1.54, 1.807) is 24.3 Å². The molecule has 0 bridgehead atoms. The number of fused-ring (bicyclic) bond motifs is 1. The van der Waals surface area contributed by atoms with Gasteiger partial charge >= 0.3 is 0 Å². The lowest BCUT2D eigenvalue weighted by Gasteiger charge is -2.13. The maximum Gasteiger partial charge on any atom is 0.262 e. The molecule has 1 aliphatic heterocycles. The highest BCUT2D eigenvalue weighted by atomic mass is 16.2. The van der Waals surface area contributed by atoms with Gasteiger partial charge in [0, 0.05) is 13.1 Å². The Hall–Kier alpha value is -3.42. The van der Waals surface area contributed by atoms with Gasteiger partial charge in [0.1, 0.15) is 5.82 Å². The molecule has 0 aliphatic carbocycles. The maximum atomic E-state index is 12.4. The molecule has 1 aromatic carbocycles. The van der Waals surface area contributed by atoms with Gasteiger partial charge in [0.2, 0.25) is 5.91 Å². The monoisotopic (exact) mass is 326 g/mol. The Balaban J connectivity index is 2.15. The van der Waals surface area contributed by atoms with E-state index in [9.17, 15) is 19.2 Å². The van der Waals surface area contributed by atoms with Crippen LogP contribution in [0.4, 0.5) is 5.82 Å². The minimum Gasteiger partial charge on any atom is -0.384 e. The molecular formula is C16H14N4O4. The van der Waals surface area contributed by atoms with Crippen molar-refractivity contribution in [1.82, 2.24) is 15.2 Å². The van der Waals surface area contributed by atoms with Crippen molar-refractivity contribution in [2.75, 3.05) is 12.8 Å². The summed E-state index contributed by atoms with van der Waals surface area (Å²) >= 11 is 0. The number of likely N-dealkylation sites (N-methyl/N-ethyl adjacent to an activating group) is 1. The molecule has 122 valence electrons. The van der Waals surface area contributed by atoms with Gasteiger partial charge in [-0.2, -0.15) is 0 Å². The van der Waals surface area contributed by atoms with E-state index in [0.717, 1.165) is 10.6 Å². The van der Waals surface area contributed by atoms with Gasteiger partial charge in [-0.25, -0.2) is 0 Å². The normalized spacial score (nSPS) is 12.7. The van der Waals surface area contributed by atoms with Gasteiger partial charge in [0.15, 0.2) is 0 Å². The number of nitrogens with two attached hydrogens (primary N) is 1. The molecular weight excluding hydrogens is 312 g/mol. The van der Waals surface area contributed by atoms with Crippen molar-refractivity contribution in [2.24, 2.45) is 0 Å². The van der Waals surface area contributed by atoms with Gasteiger partial charge in [-0.05, 0) is 17.7 Å². The molecule has 1 aromatic heterocycles. The molecule has 3 amide bonds. The number of imide groups is 1. The number of carbonyl (C=O) groups is 3. The standard InChI is InChI=1S/C16H14N4O4/c1-18-11(21)6-8-3-2-4-9(5-8)20-12(22)7-10-13(14(20)17)16(24)19-15(10)23/h2-5,7H,6,17H2,1H3,(H,18,21)(H,19,23,24). The lowest BCUT2D eigenvalue weighted by Crippen LogP contribution is -2.24. The number of aromatic nitrogens is 1. The summed E-state index contributed by atoms with van der Waals surface area (Å²) in [5.41, 5.74) is 6.48. The maximum absolute atomic E-state index is 12.4. The van der Waals surface area contributed by atoms with Crippen LogP contribution in [0.1, 0.15) is 26.3 Å².